The van der Waals surface area contributed by atoms with Crippen molar-refractivity contribution in [2.75, 3.05) is 0 Å². The van der Waals surface area contributed by atoms with Crippen molar-refractivity contribution < 1.29 is 43.5 Å². The van der Waals surface area contributed by atoms with Gasteiger partial charge >= 0.3 is 5.97 Å². The Hall–Kier alpha value is -2.70. The zero-order chi connectivity index (χ0) is 18.2. The molecule has 2 aromatic heterocycles. The van der Waals surface area contributed by atoms with Gasteiger partial charge in [0.15, 0.2) is 5.69 Å². The monoisotopic (exact) mass is 535 g/mol. The molecular formula is C18H12F2IrN2O3-2. The van der Waals surface area contributed by atoms with Gasteiger partial charge in [-0.3, -0.25) is 8.78 Å². The summed E-state index contributed by atoms with van der Waals surface area (Å²) in [6.07, 6.45) is 2.93. The number of rotatable bonds is 2. The van der Waals surface area contributed by atoms with E-state index in [4.69, 9.17) is 5.11 Å². The molecule has 0 aliphatic carbocycles. The van der Waals surface area contributed by atoms with Crippen LogP contribution in [-0.4, -0.2) is 21.0 Å². The first-order valence-corrected chi connectivity index (χ1v) is 6.91. The largest absolute Gasteiger partial charge is 0.635 e. The Balaban J connectivity index is 0.000000258. The second-order valence-corrected chi connectivity index (χ2v) is 4.56. The smallest absolute Gasteiger partial charge is 0.329 e. The van der Waals surface area contributed by atoms with E-state index in [2.05, 4.69) is 27.9 Å². The SMILES string of the molecule is Fc1c[c-]c(-c2ccccn2)c(F)c1.[CH2-]OC(=O)c1ncccc1O.[Ir]. The third kappa shape index (κ3) is 5.68. The molecule has 0 bridgehead atoms. The molecule has 1 aromatic carbocycles. The number of hydrogen-bond acceptors (Lipinski definition) is 5. The summed E-state index contributed by atoms with van der Waals surface area (Å²) in [4.78, 5) is 18.3. The molecular weight excluding hydrogens is 522 g/mol. The molecule has 3 aromatic rings. The summed E-state index contributed by atoms with van der Waals surface area (Å²) in [5.41, 5.74) is 0.513. The summed E-state index contributed by atoms with van der Waals surface area (Å²) < 4.78 is 29.9. The van der Waals surface area contributed by atoms with Crippen molar-refractivity contribution in [3.63, 3.8) is 0 Å². The van der Waals surface area contributed by atoms with Crippen LogP contribution >= 0.6 is 0 Å². The molecule has 0 amide bonds. The summed E-state index contributed by atoms with van der Waals surface area (Å²) >= 11 is 0. The summed E-state index contributed by atoms with van der Waals surface area (Å²) in [6.45, 7) is 0. The third-order valence-electron chi connectivity index (χ3n) is 2.89. The van der Waals surface area contributed by atoms with E-state index in [0.717, 1.165) is 12.1 Å². The molecule has 1 N–H and O–H groups in total. The van der Waals surface area contributed by atoms with E-state index in [-0.39, 0.29) is 37.1 Å². The summed E-state index contributed by atoms with van der Waals surface area (Å²) in [6, 6.07) is 12.4. The molecule has 0 atom stereocenters. The van der Waals surface area contributed by atoms with Crippen LogP contribution in [0, 0.1) is 24.8 Å². The number of carbonyl (C=O) groups excluding carboxylic acids is 1. The maximum absolute atomic E-state index is 13.2. The van der Waals surface area contributed by atoms with Crippen LogP contribution in [0.15, 0.2) is 54.9 Å². The third-order valence-corrected chi connectivity index (χ3v) is 2.89. The molecule has 8 heteroatoms. The number of halogens is 2. The van der Waals surface area contributed by atoms with Crippen LogP contribution < -0.4 is 0 Å². The fourth-order valence-corrected chi connectivity index (χ4v) is 1.77. The van der Waals surface area contributed by atoms with Crippen molar-refractivity contribution in [3.8, 4) is 17.0 Å². The van der Waals surface area contributed by atoms with E-state index >= 15 is 0 Å². The van der Waals surface area contributed by atoms with Crippen molar-refractivity contribution >= 4 is 5.97 Å². The van der Waals surface area contributed by atoms with Crippen molar-refractivity contribution in [3.05, 3.63) is 85.4 Å². The van der Waals surface area contributed by atoms with Gasteiger partial charge in [-0.15, -0.1) is 12.1 Å². The van der Waals surface area contributed by atoms with Crippen LogP contribution in [0.4, 0.5) is 8.78 Å². The van der Waals surface area contributed by atoms with Gasteiger partial charge in [-0.2, -0.15) is 7.11 Å². The second kappa shape index (κ2) is 10.3. The molecule has 26 heavy (non-hydrogen) atoms. The van der Waals surface area contributed by atoms with Gasteiger partial charge in [0.1, 0.15) is 5.75 Å². The molecule has 0 aliphatic rings. The maximum Gasteiger partial charge on any atom is 0.329 e. The fourth-order valence-electron chi connectivity index (χ4n) is 1.77. The minimum Gasteiger partial charge on any atom is -0.635 e. The second-order valence-electron chi connectivity index (χ2n) is 4.56. The molecule has 137 valence electrons. The van der Waals surface area contributed by atoms with Crippen LogP contribution in [0.2, 0.25) is 0 Å². The molecule has 3 rings (SSSR count). The average molecular weight is 535 g/mol. The van der Waals surface area contributed by atoms with Crippen molar-refractivity contribution in [2.24, 2.45) is 0 Å². The topological polar surface area (TPSA) is 72.3 Å². The maximum atomic E-state index is 13.2. The molecule has 2 heterocycles. The molecule has 0 saturated carbocycles. The Morgan fingerprint density at radius 2 is 1.88 bits per heavy atom. The number of aromatic nitrogens is 2. The normalized spacial score (nSPS) is 9.35. The van der Waals surface area contributed by atoms with Crippen molar-refractivity contribution in [2.45, 2.75) is 0 Å². The molecule has 0 unspecified atom stereocenters. The Kier molecular flexibility index (Phi) is 8.48. The van der Waals surface area contributed by atoms with E-state index in [0.29, 0.717) is 5.69 Å². The number of aromatic hydroxyl groups is 1. The number of ether oxygens (including phenoxy) is 1. The van der Waals surface area contributed by atoms with Crippen LogP contribution in [0.5, 0.6) is 5.75 Å². The number of carbonyl (C=O) groups is 1. The van der Waals surface area contributed by atoms with Crippen LogP contribution in [0.25, 0.3) is 11.3 Å². The van der Waals surface area contributed by atoms with Gasteiger partial charge in [0.05, 0.1) is 0 Å². The van der Waals surface area contributed by atoms with E-state index in [1.807, 2.05) is 0 Å². The first kappa shape index (κ1) is 21.3. The van der Waals surface area contributed by atoms with E-state index in [1.54, 1.807) is 24.4 Å². The first-order valence-electron chi connectivity index (χ1n) is 6.91. The molecule has 0 fully saturated rings. The van der Waals surface area contributed by atoms with Crippen molar-refractivity contribution in [1.82, 2.24) is 9.97 Å². The standard InChI is InChI=1S/C11H6F2N.C7H6NO3.Ir/c12-8-4-5-9(10(13)7-8)11-3-1-2-6-14-11;1-11-7(10)6-5(9)3-2-4-8-6;/h1-4,6-7H;2-4,9H,1H2;/q2*-1;. The number of hydrogen-bond donors (Lipinski definition) is 1. The summed E-state index contributed by atoms with van der Waals surface area (Å²) in [7, 11) is 2.90. The quantitative estimate of drug-likeness (QED) is 0.402. The molecule has 0 spiro atoms. The van der Waals surface area contributed by atoms with Gasteiger partial charge in [-0.1, -0.05) is 23.8 Å². The Morgan fingerprint density at radius 1 is 1.15 bits per heavy atom. The summed E-state index contributed by atoms with van der Waals surface area (Å²) in [5, 5.41) is 9.02. The number of pyridine rings is 2. The zero-order valence-electron chi connectivity index (χ0n) is 13.2. The van der Waals surface area contributed by atoms with Gasteiger partial charge in [-0.25, -0.2) is 9.78 Å². The van der Waals surface area contributed by atoms with E-state index in [9.17, 15) is 13.6 Å². The molecule has 5 nitrogen and oxygen atoms in total. The van der Waals surface area contributed by atoms with Crippen LogP contribution in [0.1, 0.15) is 10.5 Å². The minimum absolute atomic E-state index is 0. The van der Waals surface area contributed by atoms with Gasteiger partial charge in [0, 0.05) is 44.1 Å². The Morgan fingerprint density at radius 3 is 2.46 bits per heavy atom. The predicted octanol–water partition coefficient (Wildman–Crippen LogP) is 3.56. The van der Waals surface area contributed by atoms with Gasteiger partial charge in [0.25, 0.3) is 0 Å². The number of benzene rings is 1. The van der Waals surface area contributed by atoms with E-state index in [1.165, 1.54) is 18.3 Å². The average Bonchev–Trinajstić information content (AvgIpc) is 2.63. The molecule has 0 aliphatic heterocycles. The zero-order valence-corrected chi connectivity index (χ0v) is 15.5. The van der Waals surface area contributed by atoms with E-state index < -0.39 is 17.6 Å². The van der Waals surface area contributed by atoms with Gasteiger partial charge < -0.3 is 14.8 Å². The van der Waals surface area contributed by atoms with Gasteiger partial charge in [-0.05, 0) is 23.9 Å². The summed E-state index contributed by atoms with van der Waals surface area (Å²) in [5.74, 6) is -2.24. The van der Waals surface area contributed by atoms with Crippen LogP contribution in [-0.2, 0) is 24.8 Å². The minimum atomic E-state index is -0.747. The van der Waals surface area contributed by atoms with Gasteiger partial charge in [0.2, 0.25) is 0 Å². The number of nitrogens with zero attached hydrogens (tertiary/aromatic N) is 2. The van der Waals surface area contributed by atoms with Crippen LogP contribution in [0.3, 0.4) is 0 Å². The Bertz CT molecular complexity index is 864. The predicted molar refractivity (Wildman–Crippen MR) is 85.1 cm³/mol. The molecule has 0 saturated heterocycles. The molecule has 1 radical (unpaired) electrons. The Labute approximate surface area is 162 Å². The number of esters is 1. The van der Waals surface area contributed by atoms with Crippen molar-refractivity contribution in [1.29, 1.82) is 0 Å². The first-order chi connectivity index (χ1) is 12.0. The fraction of sp³-hybridized carbons (Fsp3) is 0.